The van der Waals surface area contributed by atoms with E-state index in [1.807, 2.05) is 20.8 Å². The Balaban J connectivity index is 2.52. The molecule has 0 unspecified atom stereocenters. The van der Waals surface area contributed by atoms with E-state index in [-0.39, 0.29) is 24.0 Å². The van der Waals surface area contributed by atoms with Crippen LogP contribution in [0.5, 0.6) is 0 Å². The first kappa shape index (κ1) is 23.5. The van der Waals surface area contributed by atoms with Crippen LogP contribution in [0.3, 0.4) is 0 Å². The predicted octanol–water partition coefficient (Wildman–Crippen LogP) is 2.32. The van der Waals surface area contributed by atoms with Crippen molar-refractivity contribution in [1.29, 1.82) is 0 Å². The minimum Gasteiger partial charge on any atom is -0.383 e. The Bertz CT molecular complexity index is 1060. The zero-order chi connectivity index (χ0) is 22.6. The minimum absolute atomic E-state index is 0.0183. The number of hydrogen-bond acceptors (Lipinski definition) is 5. The smallest absolute Gasteiger partial charge is 0.330 e. The largest absolute Gasteiger partial charge is 0.383 e. The molecule has 3 N–H and O–H groups in total. The van der Waals surface area contributed by atoms with Gasteiger partial charge < -0.3 is 10.6 Å². The summed E-state index contributed by atoms with van der Waals surface area (Å²) in [7, 11) is 1.71. The summed E-state index contributed by atoms with van der Waals surface area (Å²) >= 11 is 6.23. The number of carbonyl (C=O) groups excluding carboxylic acids is 1. The molecule has 0 saturated carbocycles. The highest BCUT2D eigenvalue weighted by molar-refractivity contribution is 6.31. The van der Waals surface area contributed by atoms with Crippen molar-refractivity contribution >= 4 is 35.1 Å². The number of nitrogens with one attached hydrogen (secondary N) is 1. The van der Waals surface area contributed by atoms with Crippen LogP contribution in [0.15, 0.2) is 15.7 Å². The molecule has 30 heavy (non-hydrogen) atoms. The number of amides is 1. The average Bonchev–Trinajstić information content (AvgIpc) is 2.90. The second-order valence-corrected chi connectivity index (χ2v) is 7.95. The van der Waals surface area contributed by atoms with Gasteiger partial charge in [-0.25, -0.2) is 4.79 Å². The quantitative estimate of drug-likeness (QED) is 0.615. The van der Waals surface area contributed by atoms with Crippen LogP contribution in [0.25, 0.3) is 6.08 Å². The normalized spacial score (nSPS) is 11.6. The molecule has 0 aromatic carbocycles. The molecule has 0 aliphatic heterocycles. The summed E-state index contributed by atoms with van der Waals surface area (Å²) in [6.07, 6.45) is 4.46. The fourth-order valence-corrected chi connectivity index (χ4v) is 3.35. The number of nitrogens with two attached hydrogens (primary N) is 1. The van der Waals surface area contributed by atoms with Crippen LogP contribution in [0.2, 0.25) is 5.15 Å². The molecule has 0 aliphatic rings. The average molecular weight is 437 g/mol. The molecule has 10 heteroatoms. The Labute approximate surface area is 180 Å². The molecule has 0 fully saturated rings. The van der Waals surface area contributed by atoms with Crippen LogP contribution in [0.1, 0.15) is 44.9 Å². The molecule has 0 radical (unpaired) electrons. The Morgan fingerprint density at radius 1 is 1.37 bits per heavy atom. The highest BCUT2D eigenvalue weighted by Crippen LogP contribution is 2.22. The van der Waals surface area contributed by atoms with Gasteiger partial charge in [-0.05, 0) is 25.3 Å². The molecule has 164 valence electrons. The molecule has 0 aliphatic carbocycles. The van der Waals surface area contributed by atoms with Crippen LogP contribution in [0, 0.1) is 12.8 Å². The highest BCUT2D eigenvalue weighted by Gasteiger charge is 2.24. The fraction of sp³-hybridized carbons (Fsp3) is 0.500. The Kier molecular flexibility index (Phi) is 7.66. The summed E-state index contributed by atoms with van der Waals surface area (Å²) in [5, 5.41) is 4.61. The predicted molar refractivity (Wildman–Crippen MR) is 120 cm³/mol. The van der Waals surface area contributed by atoms with Crippen LogP contribution < -0.4 is 21.9 Å². The van der Waals surface area contributed by atoms with Crippen molar-refractivity contribution in [1.82, 2.24) is 19.3 Å². The molecule has 1 amide bonds. The van der Waals surface area contributed by atoms with E-state index in [0.717, 1.165) is 6.42 Å². The van der Waals surface area contributed by atoms with E-state index in [2.05, 4.69) is 10.1 Å². The Morgan fingerprint density at radius 2 is 2.03 bits per heavy atom. The van der Waals surface area contributed by atoms with Gasteiger partial charge in [-0.3, -0.25) is 23.8 Å². The number of carbonyl (C=O) groups is 1. The first-order valence-corrected chi connectivity index (χ1v) is 10.3. The zero-order valence-corrected chi connectivity index (χ0v) is 18.8. The van der Waals surface area contributed by atoms with Crippen LogP contribution in [0.4, 0.5) is 11.5 Å². The number of aromatic nitrogens is 4. The van der Waals surface area contributed by atoms with E-state index in [1.54, 1.807) is 20.0 Å². The second-order valence-electron chi connectivity index (χ2n) is 7.59. The van der Waals surface area contributed by atoms with Crippen molar-refractivity contribution in [3.8, 4) is 0 Å². The number of aryl methyl sites for hydroxylation is 2. The summed E-state index contributed by atoms with van der Waals surface area (Å²) in [5.74, 6) is -0.406. The van der Waals surface area contributed by atoms with E-state index in [9.17, 15) is 14.4 Å². The number of aromatic amines is 1. The SMILES string of the molecule is CCCCn1c(N)c(N(CC(C)C)C(=O)/C=C/c2c(C)nn(C)c2Cl)c(=O)[nH]c1=O. The minimum atomic E-state index is -0.691. The molecule has 9 nitrogen and oxygen atoms in total. The number of hydrogen-bond donors (Lipinski definition) is 2. The molecule has 0 spiro atoms. The van der Waals surface area contributed by atoms with Gasteiger partial charge in [-0.2, -0.15) is 5.10 Å². The number of nitrogen functional groups attached to an aromatic ring is 1. The molecular weight excluding hydrogens is 408 g/mol. The van der Waals surface area contributed by atoms with E-state index < -0.39 is 17.2 Å². The molecule has 2 heterocycles. The second kappa shape index (κ2) is 9.80. The van der Waals surface area contributed by atoms with Crippen molar-refractivity contribution < 1.29 is 4.79 Å². The third kappa shape index (κ3) is 5.02. The number of halogens is 1. The van der Waals surface area contributed by atoms with Crippen LogP contribution in [-0.2, 0) is 18.4 Å². The standard InChI is InChI=1S/C20H29ClN6O3/c1-6-7-10-26-18(22)16(19(29)23-20(26)30)27(11-12(2)3)15(28)9-8-14-13(4)24-25(5)17(14)21/h8-9,12H,6-7,10-11,22H2,1-5H3,(H,23,29,30)/b9-8+. The molecule has 0 saturated heterocycles. The first-order valence-electron chi connectivity index (χ1n) is 9.89. The topological polar surface area (TPSA) is 119 Å². The molecule has 2 rings (SSSR count). The van der Waals surface area contributed by atoms with E-state index in [1.165, 1.54) is 20.2 Å². The summed E-state index contributed by atoms with van der Waals surface area (Å²) in [6, 6.07) is 0. The summed E-state index contributed by atoms with van der Waals surface area (Å²) in [4.78, 5) is 41.5. The lowest BCUT2D eigenvalue weighted by Crippen LogP contribution is -2.42. The summed E-state index contributed by atoms with van der Waals surface area (Å²) in [5.41, 5.74) is 6.18. The van der Waals surface area contributed by atoms with E-state index in [4.69, 9.17) is 17.3 Å². The fourth-order valence-electron chi connectivity index (χ4n) is 3.11. The molecule has 2 aromatic heterocycles. The molecule has 0 atom stereocenters. The Morgan fingerprint density at radius 3 is 2.57 bits per heavy atom. The van der Waals surface area contributed by atoms with Crippen molar-refractivity contribution in [2.24, 2.45) is 13.0 Å². The van der Waals surface area contributed by atoms with Gasteiger partial charge in [0.25, 0.3) is 11.5 Å². The van der Waals surface area contributed by atoms with E-state index in [0.29, 0.717) is 29.4 Å². The maximum absolute atomic E-state index is 13.1. The van der Waals surface area contributed by atoms with Gasteiger partial charge in [0.15, 0.2) is 5.69 Å². The molecule has 2 aromatic rings. The zero-order valence-electron chi connectivity index (χ0n) is 18.0. The number of rotatable bonds is 8. The summed E-state index contributed by atoms with van der Waals surface area (Å²) in [6.45, 7) is 8.22. The van der Waals surface area contributed by atoms with Gasteiger partial charge in [0.1, 0.15) is 11.0 Å². The van der Waals surface area contributed by atoms with Gasteiger partial charge in [0.2, 0.25) is 0 Å². The lowest BCUT2D eigenvalue weighted by molar-refractivity contribution is -0.114. The van der Waals surface area contributed by atoms with Crippen molar-refractivity contribution in [3.05, 3.63) is 43.3 Å². The van der Waals surface area contributed by atoms with Gasteiger partial charge in [0, 0.05) is 31.8 Å². The van der Waals surface area contributed by atoms with Gasteiger partial charge >= 0.3 is 5.69 Å². The van der Waals surface area contributed by atoms with Gasteiger partial charge in [-0.1, -0.05) is 38.8 Å². The summed E-state index contributed by atoms with van der Waals surface area (Å²) < 4.78 is 2.81. The van der Waals surface area contributed by atoms with Crippen molar-refractivity contribution in [2.45, 2.75) is 47.1 Å². The molecule has 0 bridgehead atoms. The van der Waals surface area contributed by atoms with Crippen LogP contribution in [-0.4, -0.2) is 31.8 Å². The first-order chi connectivity index (χ1) is 14.1. The van der Waals surface area contributed by atoms with Gasteiger partial charge in [-0.15, -0.1) is 0 Å². The van der Waals surface area contributed by atoms with Crippen molar-refractivity contribution in [2.75, 3.05) is 17.2 Å². The monoisotopic (exact) mass is 436 g/mol. The van der Waals surface area contributed by atoms with E-state index >= 15 is 0 Å². The third-order valence-corrected chi connectivity index (χ3v) is 5.07. The maximum atomic E-state index is 13.1. The number of anilines is 2. The molecular formula is C20H29ClN6O3. The number of nitrogens with zero attached hydrogens (tertiary/aromatic N) is 4. The van der Waals surface area contributed by atoms with Crippen molar-refractivity contribution in [3.63, 3.8) is 0 Å². The Hall–Kier alpha value is -2.81. The van der Waals surface area contributed by atoms with Gasteiger partial charge in [0.05, 0.1) is 5.69 Å². The third-order valence-electron chi connectivity index (χ3n) is 4.62. The lowest BCUT2D eigenvalue weighted by Gasteiger charge is -2.25. The number of H-pyrrole nitrogens is 1. The number of unbranched alkanes of at least 4 members (excludes halogenated alkanes) is 1. The highest BCUT2D eigenvalue weighted by atomic mass is 35.5. The maximum Gasteiger partial charge on any atom is 0.330 e. The lowest BCUT2D eigenvalue weighted by atomic mass is 10.2. The van der Waals surface area contributed by atoms with Crippen LogP contribution >= 0.6 is 11.6 Å².